The summed E-state index contributed by atoms with van der Waals surface area (Å²) in [5.74, 6) is 1.27. The molecule has 20 heavy (non-hydrogen) atoms. The van der Waals surface area contributed by atoms with Gasteiger partial charge in [-0.3, -0.25) is 0 Å². The van der Waals surface area contributed by atoms with Gasteiger partial charge in [-0.1, -0.05) is 12.1 Å². The number of hydrogen-bond acceptors (Lipinski definition) is 5. The Morgan fingerprint density at radius 1 is 1.25 bits per heavy atom. The van der Waals surface area contributed by atoms with Crippen molar-refractivity contribution in [3.05, 3.63) is 30.0 Å². The van der Waals surface area contributed by atoms with Gasteiger partial charge in [0.05, 0.1) is 7.11 Å². The van der Waals surface area contributed by atoms with Crippen LogP contribution in [0.2, 0.25) is 0 Å². The molecule has 0 N–H and O–H groups in total. The van der Waals surface area contributed by atoms with E-state index in [9.17, 15) is 5.26 Å². The summed E-state index contributed by atoms with van der Waals surface area (Å²) in [6, 6.07) is 9.54. The minimum Gasteiger partial charge on any atom is -0.494 e. The van der Waals surface area contributed by atoms with Crippen LogP contribution in [0, 0.1) is 11.3 Å². The van der Waals surface area contributed by atoms with Crippen LogP contribution in [0.1, 0.15) is 19.5 Å². The van der Waals surface area contributed by atoms with Crippen molar-refractivity contribution < 1.29 is 4.74 Å². The Bertz CT molecular complexity index is 625. The molecule has 1 aromatic heterocycles. The summed E-state index contributed by atoms with van der Waals surface area (Å²) in [6.07, 6.45) is 0. The van der Waals surface area contributed by atoms with E-state index < -0.39 is 0 Å². The molecule has 0 spiro atoms. The van der Waals surface area contributed by atoms with E-state index in [-0.39, 0.29) is 0 Å². The summed E-state index contributed by atoms with van der Waals surface area (Å²) < 4.78 is 5.30. The topological polar surface area (TPSA) is 67.0 Å². The SMILES string of the molecule is CCN(CC)c1nn(-c2ccccc2OC)nc1C#N. The Morgan fingerprint density at radius 2 is 1.95 bits per heavy atom. The quantitative estimate of drug-likeness (QED) is 0.832. The molecule has 0 saturated heterocycles. The number of anilines is 1. The van der Waals surface area contributed by atoms with E-state index in [1.165, 1.54) is 4.80 Å². The van der Waals surface area contributed by atoms with Crippen molar-refractivity contribution in [1.29, 1.82) is 5.26 Å². The molecule has 0 radical (unpaired) electrons. The molecule has 2 aromatic rings. The second kappa shape index (κ2) is 6.06. The fourth-order valence-electron chi connectivity index (χ4n) is 2.01. The van der Waals surface area contributed by atoms with Crippen molar-refractivity contribution in [2.24, 2.45) is 0 Å². The van der Waals surface area contributed by atoms with Crippen LogP contribution < -0.4 is 9.64 Å². The van der Waals surface area contributed by atoms with Crippen LogP contribution in [-0.4, -0.2) is 35.2 Å². The largest absolute Gasteiger partial charge is 0.494 e. The Hall–Kier alpha value is -2.55. The fourth-order valence-corrected chi connectivity index (χ4v) is 2.01. The number of aromatic nitrogens is 3. The van der Waals surface area contributed by atoms with Gasteiger partial charge in [0, 0.05) is 13.1 Å². The van der Waals surface area contributed by atoms with Gasteiger partial charge in [0.1, 0.15) is 17.5 Å². The Balaban J connectivity index is 2.52. The summed E-state index contributed by atoms with van der Waals surface area (Å²) in [6.45, 7) is 5.59. The van der Waals surface area contributed by atoms with Gasteiger partial charge in [0.15, 0.2) is 5.82 Å². The first-order valence-electron chi connectivity index (χ1n) is 6.50. The number of para-hydroxylation sites is 2. The first-order chi connectivity index (χ1) is 9.74. The molecule has 1 aromatic carbocycles. The molecular formula is C14H17N5O. The smallest absolute Gasteiger partial charge is 0.207 e. The molecule has 0 saturated carbocycles. The fraction of sp³-hybridized carbons (Fsp3) is 0.357. The lowest BCUT2D eigenvalue weighted by atomic mass is 10.3. The van der Waals surface area contributed by atoms with E-state index >= 15 is 0 Å². The van der Waals surface area contributed by atoms with Crippen LogP contribution in [0.15, 0.2) is 24.3 Å². The number of rotatable bonds is 5. The van der Waals surface area contributed by atoms with E-state index in [0.717, 1.165) is 13.1 Å². The number of benzene rings is 1. The average molecular weight is 271 g/mol. The van der Waals surface area contributed by atoms with Gasteiger partial charge in [-0.15, -0.1) is 15.0 Å². The van der Waals surface area contributed by atoms with Crippen LogP contribution in [0.3, 0.4) is 0 Å². The summed E-state index contributed by atoms with van der Waals surface area (Å²) >= 11 is 0. The van der Waals surface area contributed by atoms with Gasteiger partial charge in [-0.25, -0.2) is 0 Å². The molecule has 104 valence electrons. The molecule has 0 aliphatic carbocycles. The van der Waals surface area contributed by atoms with Gasteiger partial charge in [0.25, 0.3) is 0 Å². The number of methoxy groups -OCH3 is 1. The van der Waals surface area contributed by atoms with Crippen LogP contribution in [0.5, 0.6) is 5.75 Å². The molecule has 0 amide bonds. The highest BCUT2D eigenvalue weighted by molar-refractivity contribution is 5.52. The average Bonchev–Trinajstić information content (AvgIpc) is 2.92. The second-order valence-corrected chi connectivity index (χ2v) is 4.12. The minimum absolute atomic E-state index is 0.319. The molecule has 6 nitrogen and oxygen atoms in total. The molecule has 0 aliphatic heterocycles. The lowest BCUT2D eigenvalue weighted by molar-refractivity contribution is 0.410. The lowest BCUT2D eigenvalue weighted by Gasteiger charge is -2.16. The highest BCUT2D eigenvalue weighted by Crippen LogP contribution is 2.23. The van der Waals surface area contributed by atoms with Crippen LogP contribution >= 0.6 is 0 Å². The van der Waals surface area contributed by atoms with Crippen molar-refractivity contribution in [1.82, 2.24) is 15.0 Å². The number of hydrogen-bond donors (Lipinski definition) is 0. The zero-order valence-electron chi connectivity index (χ0n) is 11.9. The van der Waals surface area contributed by atoms with Gasteiger partial charge in [-0.2, -0.15) is 5.26 Å². The monoisotopic (exact) mass is 271 g/mol. The van der Waals surface area contributed by atoms with Crippen molar-refractivity contribution in [2.45, 2.75) is 13.8 Å². The maximum atomic E-state index is 9.22. The predicted molar refractivity (Wildman–Crippen MR) is 76.2 cm³/mol. The molecule has 0 unspecified atom stereocenters. The lowest BCUT2D eigenvalue weighted by Crippen LogP contribution is -2.23. The van der Waals surface area contributed by atoms with Crippen molar-refractivity contribution >= 4 is 5.82 Å². The zero-order valence-corrected chi connectivity index (χ0v) is 11.9. The van der Waals surface area contributed by atoms with Crippen molar-refractivity contribution in [2.75, 3.05) is 25.1 Å². The van der Waals surface area contributed by atoms with E-state index in [1.807, 2.05) is 43.0 Å². The van der Waals surface area contributed by atoms with E-state index in [4.69, 9.17) is 4.74 Å². The predicted octanol–water partition coefficient (Wildman–Crippen LogP) is 1.99. The maximum absolute atomic E-state index is 9.22. The molecule has 0 bridgehead atoms. The van der Waals surface area contributed by atoms with Gasteiger partial charge in [0.2, 0.25) is 5.69 Å². The molecule has 1 heterocycles. The zero-order chi connectivity index (χ0) is 14.5. The Morgan fingerprint density at radius 3 is 2.55 bits per heavy atom. The Labute approximate surface area is 118 Å². The summed E-state index contributed by atoms with van der Waals surface area (Å²) in [4.78, 5) is 3.45. The highest BCUT2D eigenvalue weighted by Gasteiger charge is 2.17. The molecule has 0 aliphatic rings. The Kier molecular flexibility index (Phi) is 4.20. The number of nitriles is 1. The van der Waals surface area contributed by atoms with E-state index in [1.54, 1.807) is 7.11 Å². The molecule has 2 rings (SSSR count). The van der Waals surface area contributed by atoms with Crippen LogP contribution in [0.25, 0.3) is 5.69 Å². The summed E-state index contributed by atoms with van der Waals surface area (Å²) in [5, 5.41) is 17.9. The van der Waals surface area contributed by atoms with Crippen molar-refractivity contribution in [3.63, 3.8) is 0 Å². The third kappa shape index (κ3) is 2.43. The molecule has 0 atom stereocenters. The standard InChI is InChI=1S/C14H17N5O/c1-4-18(5-2)14-11(10-15)16-19(17-14)12-8-6-7-9-13(12)20-3/h6-9H,4-5H2,1-3H3. The minimum atomic E-state index is 0.319. The van der Waals surface area contributed by atoms with E-state index in [2.05, 4.69) is 16.3 Å². The maximum Gasteiger partial charge on any atom is 0.207 e. The van der Waals surface area contributed by atoms with Crippen LogP contribution in [-0.2, 0) is 0 Å². The molecule has 6 heteroatoms. The summed E-state index contributed by atoms with van der Waals surface area (Å²) in [7, 11) is 1.60. The van der Waals surface area contributed by atoms with Crippen molar-refractivity contribution in [3.8, 4) is 17.5 Å². The summed E-state index contributed by atoms with van der Waals surface area (Å²) in [5.41, 5.74) is 1.03. The van der Waals surface area contributed by atoms with Gasteiger partial charge < -0.3 is 9.64 Å². The van der Waals surface area contributed by atoms with E-state index in [0.29, 0.717) is 22.9 Å². The highest BCUT2D eigenvalue weighted by atomic mass is 16.5. The van der Waals surface area contributed by atoms with Gasteiger partial charge >= 0.3 is 0 Å². The number of nitrogens with zero attached hydrogens (tertiary/aromatic N) is 5. The first kappa shape index (κ1) is 13.9. The van der Waals surface area contributed by atoms with Crippen LogP contribution in [0.4, 0.5) is 5.82 Å². The van der Waals surface area contributed by atoms with Gasteiger partial charge in [-0.05, 0) is 26.0 Å². The molecular weight excluding hydrogens is 254 g/mol. The third-order valence-corrected chi connectivity index (χ3v) is 3.07. The second-order valence-electron chi connectivity index (χ2n) is 4.12. The first-order valence-corrected chi connectivity index (χ1v) is 6.50. The normalized spacial score (nSPS) is 10.1. The third-order valence-electron chi connectivity index (χ3n) is 3.07. The molecule has 0 fully saturated rings. The number of ether oxygens (including phenoxy) is 1.